The summed E-state index contributed by atoms with van der Waals surface area (Å²) in [5.41, 5.74) is 4.09. The maximum atomic E-state index is 13.5. The SMILES string of the molecule is O=C(CCC(=O)Nc1ccccc1F)NN=Cc1ccccc1OCc1ccc(Cl)cc1. The molecule has 0 aliphatic rings. The van der Waals surface area contributed by atoms with Crippen LogP contribution in [0.15, 0.2) is 77.9 Å². The number of anilines is 1. The van der Waals surface area contributed by atoms with Gasteiger partial charge in [0.1, 0.15) is 18.2 Å². The number of nitrogens with one attached hydrogen (secondary N) is 2. The highest BCUT2D eigenvalue weighted by Gasteiger charge is 2.09. The Morgan fingerprint density at radius 1 is 0.938 bits per heavy atom. The van der Waals surface area contributed by atoms with Gasteiger partial charge in [0.15, 0.2) is 0 Å². The van der Waals surface area contributed by atoms with E-state index in [0.717, 1.165) is 5.56 Å². The number of hydrogen-bond acceptors (Lipinski definition) is 4. The number of carbonyl (C=O) groups is 2. The zero-order chi connectivity index (χ0) is 22.8. The topological polar surface area (TPSA) is 79.8 Å². The monoisotopic (exact) mass is 453 g/mol. The molecule has 0 fully saturated rings. The van der Waals surface area contributed by atoms with Crippen molar-refractivity contribution in [3.63, 3.8) is 0 Å². The normalized spacial score (nSPS) is 10.7. The molecule has 0 saturated heterocycles. The van der Waals surface area contributed by atoms with Gasteiger partial charge in [0.2, 0.25) is 11.8 Å². The molecular formula is C24H21ClFN3O3. The average Bonchev–Trinajstić information content (AvgIpc) is 2.80. The molecule has 0 heterocycles. The number of nitrogens with zero attached hydrogens (tertiary/aromatic N) is 1. The Balaban J connectivity index is 1.47. The number of hydrogen-bond donors (Lipinski definition) is 2. The average molecular weight is 454 g/mol. The third-order valence-corrected chi connectivity index (χ3v) is 4.60. The summed E-state index contributed by atoms with van der Waals surface area (Å²) in [4.78, 5) is 23.9. The molecule has 0 bridgehead atoms. The first kappa shape index (κ1) is 23.0. The predicted octanol–water partition coefficient (Wildman–Crippen LogP) is 4.93. The number of rotatable bonds is 9. The van der Waals surface area contributed by atoms with Gasteiger partial charge in [-0.05, 0) is 42.0 Å². The number of hydrazone groups is 1. The zero-order valence-electron chi connectivity index (χ0n) is 17.1. The first-order valence-corrected chi connectivity index (χ1v) is 10.2. The van der Waals surface area contributed by atoms with E-state index in [1.165, 1.54) is 24.4 Å². The van der Waals surface area contributed by atoms with Gasteiger partial charge in [0.05, 0.1) is 11.9 Å². The lowest BCUT2D eigenvalue weighted by Gasteiger charge is -2.09. The Labute approximate surface area is 190 Å². The van der Waals surface area contributed by atoms with Crippen molar-refractivity contribution >= 4 is 35.3 Å². The molecule has 164 valence electrons. The van der Waals surface area contributed by atoms with Gasteiger partial charge in [-0.2, -0.15) is 5.10 Å². The fourth-order valence-corrected chi connectivity index (χ4v) is 2.82. The van der Waals surface area contributed by atoms with Crippen LogP contribution >= 0.6 is 11.6 Å². The number of para-hydroxylation sites is 2. The predicted molar refractivity (Wildman–Crippen MR) is 122 cm³/mol. The first-order valence-electron chi connectivity index (χ1n) is 9.84. The van der Waals surface area contributed by atoms with Gasteiger partial charge in [-0.15, -0.1) is 0 Å². The summed E-state index contributed by atoms with van der Waals surface area (Å²) in [5.74, 6) is -0.837. The second-order valence-corrected chi connectivity index (χ2v) is 7.21. The summed E-state index contributed by atoms with van der Waals surface area (Å²) in [6, 6.07) is 20.4. The van der Waals surface area contributed by atoms with Crippen molar-refractivity contribution in [2.24, 2.45) is 5.10 Å². The Morgan fingerprint density at radius 3 is 2.41 bits per heavy atom. The van der Waals surface area contributed by atoms with Gasteiger partial charge in [-0.25, -0.2) is 9.82 Å². The quantitative estimate of drug-likeness (QED) is 0.356. The first-order chi connectivity index (χ1) is 15.5. The highest BCUT2D eigenvalue weighted by Crippen LogP contribution is 2.18. The van der Waals surface area contributed by atoms with E-state index in [9.17, 15) is 14.0 Å². The van der Waals surface area contributed by atoms with Crippen LogP contribution < -0.4 is 15.5 Å². The minimum absolute atomic E-state index is 0.0751. The van der Waals surface area contributed by atoms with Crippen LogP contribution in [-0.4, -0.2) is 18.0 Å². The molecule has 0 atom stereocenters. The summed E-state index contributed by atoms with van der Waals surface area (Å²) < 4.78 is 19.4. The lowest BCUT2D eigenvalue weighted by atomic mass is 10.2. The standard InChI is InChI=1S/C24H21ClFN3O3/c25-19-11-9-17(10-12-19)16-32-22-8-4-1-5-18(22)15-27-29-24(31)14-13-23(30)28-21-7-3-2-6-20(21)26/h1-12,15H,13-14,16H2,(H,28,30)(H,29,31). The Bertz CT molecular complexity index is 1100. The van der Waals surface area contributed by atoms with Crippen LogP contribution in [0.25, 0.3) is 0 Å². The van der Waals surface area contributed by atoms with E-state index in [0.29, 0.717) is 22.9 Å². The maximum Gasteiger partial charge on any atom is 0.240 e. The van der Waals surface area contributed by atoms with Gasteiger partial charge >= 0.3 is 0 Å². The fraction of sp³-hybridized carbons (Fsp3) is 0.125. The van der Waals surface area contributed by atoms with E-state index >= 15 is 0 Å². The lowest BCUT2D eigenvalue weighted by Crippen LogP contribution is -2.21. The van der Waals surface area contributed by atoms with Gasteiger partial charge in [-0.3, -0.25) is 9.59 Å². The Morgan fingerprint density at radius 2 is 1.62 bits per heavy atom. The molecule has 0 spiro atoms. The summed E-state index contributed by atoms with van der Waals surface area (Å²) >= 11 is 5.89. The zero-order valence-corrected chi connectivity index (χ0v) is 17.8. The molecule has 2 N–H and O–H groups in total. The third-order valence-electron chi connectivity index (χ3n) is 4.35. The van der Waals surface area contributed by atoms with Gasteiger partial charge < -0.3 is 10.1 Å². The van der Waals surface area contributed by atoms with E-state index < -0.39 is 17.6 Å². The number of ether oxygens (including phenoxy) is 1. The molecule has 3 aromatic rings. The van der Waals surface area contributed by atoms with Crippen LogP contribution in [0, 0.1) is 5.82 Å². The molecule has 32 heavy (non-hydrogen) atoms. The molecule has 0 radical (unpaired) electrons. The largest absolute Gasteiger partial charge is 0.488 e. The van der Waals surface area contributed by atoms with Crippen molar-refractivity contribution in [2.75, 3.05) is 5.32 Å². The van der Waals surface area contributed by atoms with Crippen molar-refractivity contribution in [2.45, 2.75) is 19.4 Å². The minimum Gasteiger partial charge on any atom is -0.488 e. The van der Waals surface area contributed by atoms with Crippen LogP contribution in [0.2, 0.25) is 5.02 Å². The third kappa shape index (κ3) is 7.21. The molecule has 3 aromatic carbocycles. The summed E-state index contributed by atoms with van der Waals surface area (Å²) in [6.07, 6.45) is 1.28. The molecule has 0 aromatic heterocycles. The molecule has 6 nitrogen and oxygen atoms in total. The summed E-state index contributed by atoms with van der Waals surface area (Å²) in [7, 11) is 0. The molecule has 8 heteroatoms. The van der Waals surface area contributed by atoms with Gasteiger partial charge in [0.25, 0.3) is 0 Å². The maximum absolute atomic E-state index is 13.5. The molecule has 0 saturated carbocycles. The summed E-state index contributed by atoms with van der Waals surface area (Å²) in [5, 5.41) is 7.01. The van der Waals surface area contributed by atoms with Crippen LogP contribution in [0.4, 0.5) is 10.1 Å². The van der Waals surface area contributed by atoms with Crippen molar-refractivity contribution in [1.29, 1.82) is 0 Å². The van der Waals surface area contributed by atoms with Gasteiger partial charge in [-0.1, -0.05) is 48.0 Å². The van der Waals surface area contributed by atoms with Crippen molar-refractivity contribution < 1.29 is 18.7 Å². The van der Waals surface area contributed by atoms with E-state index in [-0.39, 0.29) is 18.5 Å². The van der Waals surface area contributed by atoms with E-state index in [1.54, 1.807) is 30.3 Å². The Hall–Kier alpha value is -3.71. The highest BCUT2D eigenvalue weighted by molar-refractivity contribution is 6.30. The van der Waals surface area contributed by atoms with Crippen molar-refractivity contribution in [3.8, 4) is 5.75 Å². The van der Waals surface area contributed by atoms with Gasteiger partial charge in [0, 0.05) is 23.4 Å². The minimum atomic E-state index is -0.535. The summed E-state index contributed by atoms with van der Waals surface area (Å²) in [6.45, 7) is 0.353. The molecule has 0 aliphatic carbocycles. The second kappa shape index (κ2) is 11.6. The van der Waals surface area contributed by atoms with Crippen molar-refractivity contribution in [1.82, 2.24) is 5.43 Å². The van der Waals surface area contributed by atoms with Crippen LogP contribution in [0.3, 0.4) is 0 Å². The van der Waals surface area contributed by atoms with Crippen LogP contribution in [0.5, 0.6) is 5.75 Å². The van der Waals surface area contributed by atoms with Crippen LogP contribution in [0.1, 0.15) is 24.0 Å². The molecular weight excluding hydrogens is 433 g/mol. The fourth-order valence-electron chi connectivity index (χ4n) is 2.69. The van der Waals surface area contributed by atoms with E-state index in [1.807, 2.05) is 24.3 Å². The van der Waals surface area contributed by atoms with E-state index in [4.69, 9.17) is 16.3 Å². The van der Waals surface area contributed by atoms with Crippen molar-refractivity contribution in [3.05, 3.63) is 94.8 Å². The molecule has 0 unspecified atom stereocenters. The van der Waals surface area contributed by atoms with E-state index in [2.05, 4.69) is 15.8 Å². The second-order valence-electron chi connectivity index (χ2n) is 6.77. The number of carbonyl (C=O) groups excluding carboxylic acids is 2. The number of amides is 2. The highest BCUT2D eigenvalue weighted by atomic mass is 35.5. The molecule has 0 aliphatic heterocycles. The smallest absolute Gasteiger partial charge is 0.240 e. The molecule has 2 amide bonds. The number of benzene rings is 3. The lowest BCUT2D eigenvalue weighted by molar-refractivity contribution is -0.124. The van der Waals surface area contributed by atoms with Crippen LogP contribution in [-0.2, 0) is 16.2 Å². The Kier molecular flexibility index (Phi) is 8.34. The number of halogens is 2. The molecule has 3 rings (SSSR count).